The largest absolute Gasteiger partial charge is 0.461 e. The summed E-state index contributed by atoms with van der Waals surface area (Å²) < 4.78 is 32.5. The van der Waals surface area contributed by atoms with Gasteiger partial charge in [-0.05, 0) is 0 Å². The Hall–Kier alpha value is 0.756. The maximum absolute atomic E-state index is 10.3. The van der Waals surface area contributed by atoms with Gasteiger partial charge in [0.25, 0.3) is 10.1 Å². The first-order valence-electron chi connectivity index (χ1n) is 2.70. The molecule has 0 aliphatic heterocycles. The first kappa shape index (κ1) is 15.2. The topological polar surface area (TPSA) is 80.7 Å². The third-order valence-electron chi connectivity index (χ3n) is 0.752. The predicted octanol–water partition coefficient (Wildman–Crippen LogP) is -0.777. The molecule has 0 saturated heterocycles. The van der Waals surface area contributed by atoms with E-state index in [-0.39, 0.29) is 58.0 Å². The average molecular weight is 219 g/mol. The molecule has 0 fully saturated rings. The van der Waals surface area contributed by atoms with Crippen LogP contribution in [0.2, 0.25) is 0 Å². The second-order valence-electron chi connectivity index (χ2n) is 1.66. The molecule has 65 valence electrons. The van der Waals surface area contributed by atoms with Crippen molar-refractivity contribution in [2.24, 2.45) is 0 Å². The zero-order valence-corrected chi connectivity index (χ0v) is 10.6. The number of carbonyl (C=O) groups excluding carboxylic acids is 1. The van der Waals surface area contributed by atoms with Gasteiger partial charge in [0, 0.05) is 57.5 Å². The standard InChI is InChI=1S/C5H8O5S.K/c1-2-5(6)10-3-4-11(7,8)9;/h2H,1,3-4H2,(H,7,8,9);. The molecular weight excluding hydrogens is 211 g/mol. The van der Waals surface area contributed by atoms with Crippen molar-refractivity contribution < 1.29 is 22.5 Å². The van der Waals surface area contributed by atoms with E-state index >= 15 is 0 Å². The van der Waals surface area contributed by atoms with Crippen molar-refractivity contribution in [1.82, 2.24) is 0 Å². The fraction of sp³-hybridized carbons (Fsp3) is 0.400. The molecule has 7 heteroatoms. The monoisotopic (exact) mass is 219 g/mol. The summed E-state index contributed by atoms with van der Waals surface area (Å²) in [5, 5.41) is 0. The van der Waals surface area contributed by atoms with E-state index in [1.54, 1.807) is 0 Å². The number of rotatable bonds is 4. The zero-order valence-electron chi connectivity index (χ0n) is 6.69. The van der Waals surface area contributed by atoms with Gasteiger partial charge in [0.1, 0.15) is 12.4 Å². The molecule has 0 aliphatic rings. The van der Waals surface area contributed by atoms with E-state index in [0.29, 0.717) is 0 Å². The first-order chi connectivity index (χ1) is 4.95. The molecule has 0 atom stereocenters. The van der Waals surface area contributed by atoms with Crippen LogP contribution in [0, 0.1) is 0 Å². The summed E-state index contributed by atoms with van der Waals surface area (Å²) in [7, 11) is -4.04. The molecule has 0 unspecified atom stereocenters. The summed E-state index contributed by atoms with van der Waals surface area (Å²) in [5.74, 6) is -1.30. The Bertz CT molecular complexity index is 245. The van der Waals surface area contributed by atoms with Crippen molar-refractivity contribution in [3.8, 4) is 0 Å². The van der Waals surface area contributed by atoms with Gasteiger partial charge in [0.05, 0.1) is 0 Å². The summed E-state index contributed by atoms with van der Waals surface area (Å²) >= 11 is 0. The van der Waals surface area contributed by atoms with Gasteiger partial charge in [-0.25, -0.2) is 4.79 Å². The van der Waals surface area contributed by atoms with Crippen molar-refractivity contribution in [1.29, 1.82) is 0 Å². The van der Waals surface area contributed by atoms with Crippen molar-refractivity contribution >= 4 is 67.5 Å². The van der Waals surface area contributed by atoms with Crippen molar-refractivity contribution in [2.75, 3.05) is 12.4 Å². The molecule has 0 spiro atoms. The maximum atomic E-state index is 10.3. The van der Waals surface area contributed by atoms with Gasteiger partial charge < -0.3 is 4.74 Å². The van der Waals surface area contributed by atoms with Crippen LogP contribution in [0.1, 0.15) is 0 Å². The van der Waals surface area contributed by atoms with Crippen LogP contribution >= 0.6 is 0 Å². The van der Waals surface area contributed by atoms with Crippen LogP contribution < -0.4 is 0 Å². The van der Waals surface area contributed by atoms with Crippen LogP contribution in [0.4, 0.5) is 0 Å². The van der Waals surface area contributed by atoms with Gasteiger partial charge in [-0.1, -0.05) is 6.58 Å². The minimum absolute atomic E-state index is 0. The Morgan fingerprint density at radius 1 is 1.58 bits per heavy atom. The zero-order chi connectivity index (χ0) is 8.91. The van der Waals surface area contributed by atoms with Gasteiger partial charge in [0.2, 0.25) is 0 Å². The molecule has 12 heavy (non-hydrogen) atoms. The van der Waals surface area contributed by atoms with Crippen LogP contribution in [-0.4, -0.2) is 82.7 Å². The van der Waals surface area contributed by atoms with Crippen LogP contribution in [0.25, 0.3) is 0 Å². The van der Waals surface area contributed by atoms with Crippen LogP contribution in [-0.2, 0) is 19.6 Å². The average Bonchev–Trinajstić information content (AvgIpc) is 1.85. The van der Waals surface area contributed by atoms with Crippen LogP contribution in [0.5, 0.6) is 0 Å². The fourth-order valence-electron chi connectivity index (χ4n) is 0.306. The van der Waals surface area contributed by atoms with E-state index in [2.05, 4.69) is 11.3 Å². The Morgan fingerprint density at radius 3 is 2.42 bits per heavy atom. The van der Waals surface area contributed by atoms with E-state index in [0.717, 1.165) is 6.08 Å². The molecule has 1 N–H and O–H groups in total. The van der Waals surface area contributed by atoms with E-state index in [4.69, 9.17) is 4.55 Å². The summed E-state index contributed by atoms with van der Waals surface area (Å²) in [6.07, 6.45) is 0.907. The summed E-state index contributed by atoms with van der Waals surface area (Å²) in [6, 6.07) is 0. The van der Waals surface area contributed by atoms with E-state index in [1.165, 1.54) is 0 Å². The number of esters is 1. The molecule has 0 aromatic carbocycles. The predicted molar refractivity (Wildman–Crippen MR) is 43.3 cm³/mol. The Balaban J connectivity index is 0. The molecule has 0 aromatic rings. The quantitative estimate of drug-likeness (QED) is 0.290. The Labute approximate surface area is 113 Å². The molecule has 0 amide bonds. The summed E-state index contributed by atoms with van der Waals surface area (Å²) in [5.41, 5.74) is 0. The van der Waals surface area contributed by atoms with E-state index < -0.39 is 21.8 Å². The second kappa shape index (κ2) is 7.19. The molecule has 0 rings (SSSR count). The smallest absolute Gasteiger partial charge is 0.330 e. The fourth-order valence-corrected chi connectivity index (χ4v) is 0.600. The molecule has 1 radical (unpaired) electrons. The van der Waals surface area contributed by atoms with Gasteiger partial charge >= 0.3 is 5.97 Å². The SMILES string of the molecule is C=CC(=O)OCCS(=O)(=O)O.[K]. The molecular formula is C5H8KO5S. The number of hydrogen-bond donors (Lipinski definition) is 1. The number of ether oxygens (including phenoxy) is 1. The van der Waals surface area contributed by atoms with Gasteiger partial charge in [0.15, 0.2) is 0 Å². The Morgan fingerprint density at radius 2 is 2.08 bits per heavy atom. The molecule has 0 saturated carbocycles. The van der Waals surface area contributed by atoms with Gasteiger partial charge in [-0.2, -0.15) is 8.42 Å². The molecule has 5 nitrogen and oxygen atoms in total. The van der Waals surface area contributed by atoms with E-state index in [1.807, 2.05) is 0 Å². The normalized spacial score (nSPS) is 9.75. The third kappa shape index (κ3) is 10.8. The number of hydrogen-bond acceptors (Lipinski definition) is 4. The Kier molecular flexibility index (Phi) is 9.13. The van der Waals surface area contributed by atoms with Crippen molar-refractivity contribution in [3.63, 3.8) is 0 Å². The van der Waals surface area contributed by atoms with E-state index in [9.17, 15) is 13.2 Å². The minimum atomic E-state index is -4.04. The second-order valence-corrected chi connectivity index (χ2v) is 3.23. The van der Waals surface area contributed by atoms with Gasteiger partial charge in [-0.15, -0.1) is 0 Å². The summed E-state index contributed by atoms with van der Waals surface area (Å²) in [4.78, 5) is 10.3. The maximum Gasteiger partial charge on any atom is 0.330 e. The molecule has 0 bridgehead atoms. The number of carbonyl (C=O) groups is 1. The van der Waals surface area contributed by atoms with Crippen molar-refractivity contribution in [3.05, 3.63) is 12.7 Å². The van der Waals surface area contributed by atoms with Crippen LogP contribution in [0.3, 0.4) is 0 Å². The minimum Gasteiger partial charge on any atom is -0.461 e. The molecule has 0 heterocycles. The van der Waals surface area contributed by atoms with Gasteiger partial charge in [-0.3, -0.25) is 4.55 Å². The first-order valence-corrected chi connectivity index (χ1v) is 4.31. The van der Waals surface area contributed by atoms with Crippen LogP contribution in [0.15, 0.2) is 12.7 Å². The van der Waals surface area contributed by atoms with Crippen molar-refractivity contribution in [2.45, 2.75) is 0 Å². The third-order valence-corrected chi connectivity index (χ3v) is 1.43. The summed E-state index contributed by atoms with van der Waals surface area (Å²) in [6.45, 7) is 2.73. The molecule has 0 aromatic heterocycles. The molecule has 0 aliphatic carbocycles.